The second-order valence-corrected chi connectivity index (χ2v) is 15.5. The SMILES string of the molecule is Cc1ccc(S(=O)(=O)N(CC(=O)N(Cc2ccc(Cl)cc2Cl)[C@@H](Cc2ccccc2)C(=O)NC(C)(C)C)c2cccc(Cl)c2C)cc1. The molecule has 4 rings (SSSR count). The molecule has 0 aliphatic carbocycles. The second-order valence-electron chi connectivity index (χ2n) is 12.4. The average molecular weight is 715 g/mol. The molecule has 11 heteroatoms. The van der Waals surface area contributed by atoms with E-state index in [-0.39, 0.29) is 23.5 Å². The van der Waals surface area contributed by atoms with Gasteiger partial charge in [0.05, 0.1) is 10.6 Å². The van der Waals surface area contributed by atoms with Crippen LogP contribution in [0.4, 0.5) is 5.69 Å². The highest BCUT2D eigenvalue weighted by atomic mass is 35.5. The Kier molecular flexibility index (Phi) is 11.7. The third kappa shape index (κ3) is 9.29. The first-order chi connectivity index (χ1) is 22.1. The number of halogens is 3. The Morgan fingerprint density at radius 3 is 2.11 bits per heavy atom. The van der Waals surface area contributed by atoms with E-state index < -0.39 is 40.0 Å². The maximum atomic E-state index is 14.7. The van der Waals surface area contributed by atoms with E-state index in [4.69, 9.17) is 34.8 Å². The van der Waals surface area contributed by atoms with Gasteiger partial charge in [0.1, 0.15) is 12.6 Å². The molecule has 0 saturated carbocycles. The summed E-state index contributed by atoms with van der Waals surface area (Å²) in [7, 11) is -4.28. The van der Waals surface area contributed by atoms with Crippen LogP contribution in [0.2, 0.25) is 15.1 Å². The van der Waals surface area contributed by atoms with Crippen LogP contribution in [0.5, 0.6) is 0 Å². The number of hydrogen-bond donors (Lipinski definition) is 1. The van der Waals surface area contributed by atoms with Crippen molar-refractivity contribution in [3.8, 4) is 0 Å². The number of benzene rings is 4. The predicted octanol–water partition coefficient (Wildman–Crippen LogP) is 8.01. The highest BCUT2D eigenvalue weighted by Crippen LogP contribution is 2.32. The summed E-state index contributed by atoms with van der Waals surface area (Å²) in [5.74, 6) is -1.01. The van der Waals surface area contributed by atoms with Gasteiger partial charge < -0.3 is 10.2 Å². The predicted molar refractivity (Wildman–Crippen MR) is 191 cm³/mol. The van der Waals surface area contributed by atoms with Crippen LogP contribution in [0.15, 0.2) is 95.9 Å². The van der Waals surface area contributed by atoms with Crippen molar-refractivity contribution in [1.29, 1.82) is 0 Å². The van der Waals surface area contributed by atoms with Crippen molar-refractivity contribution in [2.45, 2.75) is 64.1 Å². The van der Waals surface area contributed by atoms with Gasteiger partial charge in [-0.3, -0.25) is 13.9 Å². The summed E-state index contributed by atoms with van der Waals surface area (Å²) in [6.07, 6.45) is 0.167. The van der Waals surface area contributed by atoms with Crippen LogP contribution in [-0.2, 0) is 32.6 Å². The number of rotatable bonds is 11. The molecule has 47 heavy (non-hydrogen) atoms. The Labute approximate surface area is 292 Å². The van der Waals surface area contributed by atoms with Crippen LogP contribution < -0.4 is 9.62 Å². The molecule has 4 aromatic rings. The van der Waals surface area contributed by atoms with Gasteiger partial charge in [0.2, 0.25) is 11.8 Å². The fourth-order valence-corrected chi connectivity index (χ4v) is 7.17. The standard InChI is InChI=1S/C36H38Cl3N3O4S/c1-24-14-18-29(19-15-24)47(45,46)42(32-13-9-12-30(38)25(32)2)23-34(43)41(22-27-16-17-28(37)21-31(27)39)33(35(44)40-36(3,4)5)20-26-10-7-6-8-11-26/h6-19,21,33H,20,22-23H2,1-5H3,(H,40,44)/t33-/m0/s1. The number of hydrogen-bond acceptors (Lipinski definition) is 4. The number of carbonyl (C=O) groups is 2. The maximum absolute atomic E-state index is 14.7. The van der Waals surface area contributed by atoms with Crippen molar-refractivity contribution in [2.24, 2.45) is 0 Å². The Hall–Kier alpha value is -3.56. The van der Waals surface area contributed by atoms with Gasteiger partial charge in [-0.15, -0.1) is 0 Å². The molecule has 0 heterocycles. The minimum atomic E-state index is -4.28. The molecule has 1 N–H and O–H groups in total. The molecule has 0 aliphatic rings. The fraction of sp³-hybridized carbons (Fsp3) is 0.278. The molecular weight excluding hydrogens is 677 g/mol. The van der Waals surface area contributed by atoms with Crippen molar-refractivity contribution in [2.75, 3.05) is 10.8 Å². The molecule has 248 valence electrons. The summed E-state index contributed by atoms with van der Waals surface area (Å²) < 4.78 is 29.6. The first kappa shape index (κ1) is 36.3. The lowest BCUT2D eigenvalue weighted by Gasteiger charge is -2.35. The fourth-order valence-electron chi connectivity index (χ4n) is 5.06. The lowest BCUT2D eigenvalue weighted by molar-refractivity contribution is -0.140. The summed E-state index contributed by atoms with van der Waals surface area (Å²) in [5.41, 5.74) is 2.35. The molecule has 0 aliphatic heterocycles. The summed E-state index contributed by atoms with van der Waals surface area (Å²) in [5, 5.41) is 4.07. The Morgan fingerprint density at radius 1 is 0.830 bits per heavy atom. The van der Waals surface area contributed by atoms with Crippen molar-refractivity contribution < 1.29 is 18.0 Å². The monoisotopic (exact) mass is 713 g/mol. The third-order valence-corrected chi connectivity index (χ3v) is 10.3. The zero-order valence-corrected chi connectivity index (χ0v) is 30.0. The number of sulfonamides is 1. The molecule has 0 fully saturated rings. The molecule has 2 amide bonds. The van der Waals surface area contributed by atoms with Crippen molar-refractivity contribution in [1.82, 2.24) is 10.2 Å². The van der Waals surface area contributed by atoms with E-state index in [1.54, 1.807) is 55.5 Å². The van der Waals surface area contributed by atoms with E-state index in [0.29, 0.717) is 26.2 Å². The molecule has 0 bridgehead atoms. The van der Waals surface area contributed by atoms with Gasteiger partial charge in [-0.1, -0.05) is 95.0 Å². The highest BCUT2D eigenvalue weighted by molar-refractivity contribution is 7.92. The number of anilines is 1. The zero-order chi connectivity index (χ0) is 34.5. The lowest BCUT2D eigenvalue weighted by atomic mass is 10.0. The van der Waals surface area contributed by atoms with Gasteiger partial charge in [0, 0.05) is 33.6 Å². The smallest absolute Gasteiger partial charge is 0.264 e. The van der Waals surface area contributed by atoms with Crippen LogP contribution in [0.3, 0.4) is 0 Å². The molecular formula is C36H38Cl3N3O4S. The number of nitrogens with zero attached hydrogens (tertiary/aromatic N) is 2. The number of carbonyl (C=O) groups excluding carboxylic acids is 2. The van der Waals surface area contributed by atoms with Gasteiger partial charge in [0.15, 0.2) is 0 Å². The lowest BCUT2D eigenvalue weighted by Crippen LogP contribution is -2.56. The summed E-state index contributed by atoms with van der Waals surface area (Å²) in [6.45, 7) is 8.40. The summed E-state index contributed by atoms with van der Waals surface area (Å²) in [4.78, 5) is 30.1. The normalized spacial score (nSPS) is 12.3. The first-order valence-corrected chi connectivity index (χ1v) is 17.6. The van der Waals surface area contributed by atoms with Crippen LogP contribution in [-0.4, -0.2) is 43.3 Å². The van der Waals surface area contributed by atoms with Gasteiger partial charge in [-0.2, -0.15) is 0 Å². The summed E-state index contributed by atoms with van der Waals surface area (Å²) >= 11 is 19.2. The molecule has 0 radical (unpaired) electrons. The van der Waals surface area contributed by atoms with Crippen molar-refractivity contribution in [3.05, 3.63) is 128 Å². The Bertz CT molecular complexity index is 1840. The van der Waals surface area contributed by atoms with Crippen LogP contribution in [0.1, 0.15) is 43.0 Å². The third-order valence-electron chi connectivity index (χ3n) is 7.52. The van der Waals surface area contributed by atoms with Crippen LogP contribution in [0.25, 0.3) is 0 Å². The van der Waals surface area contributed by atoms with Gasteiger partial charge in [-0.05, 0) is 87.7 Å². The van der Waals surface area contributed by atoms with E-state index in [2.05, 4.69) is 5.32 Å². The number of aryl methyl sites for hydroxylation is 1. The second kappa shape index (κ2) is 15.1. The van der Waals surface area contributed by atoms with E-state index in [1.165, 1.54) is 17.0 Å². The average Bonchev–Trinajstić information content (AvgIpc) is 3.00. The topological polar surface area (TPSA) is 86.8 Å². The zero-order valence-electron chi connectivity index (χ0n) is 26.9. The maximum Gasteiger partial charge on any atom is 0.264 e. The van der Waals surface area contributed by atoms with Crippen molar-refractivity contribution in [3.63, 3.8) is 0 Å². The Morgan fingerprint density at radius 2 is 1.49 bits per heavy atom. The van der Waals surface area contributed by atoms with Crippen molar-refractivity contribution >= 4 is 62.3 Å². The van der Waals surface area contributed by atoms with E-state index in [9.17, 15) is 18.0 Å². The molecule has 0 saturated heterocycles. The molecule has 7 nitrogen and oxygen atoms in total. The van der Waals surface area contributed by atoms with Crippen LogP contribution in [0, 0.1) is 13.8 Å². The van der Waals surface area contributed by atoms with E-state index >= 15 is 0 Å². The Balaban J connectivity index is 1.87. The van der Waals surface area contributed by atoms with Gasteiger partial charge >= 0.3 is 0 Å². The first-order valence-electron chi connectivity index (χ1n) is 15.0. The van der Waals surface area contributed by atoms with Gasteiger partial charge in [-0.25, -0.2) is 8.42 Å². The largest absolute Gasteiger partial charge is 0.350 e. The molecule has 0 aromatic heterocycles. The molecule has 4 aromatic carbocycles. The van der Waals surface area contributed by atoms with Crippen LogP contribution >= 0.6 is 34.8 Å². The molecule has 0 spiro atoms. The quantitative estimate of drug-likeness (QED) is 0.171. The van der Waals surface area contributed by atoms with E-state index in [0.717, 1.165) is 15.4 Å². The molecule has 0 unspecified atom stereocenters. The number of nitrogens with one attached hydrogen (secondary N) is 1. The van der Waals surface area contributed by atoms with Gasteiger partial charge in [0.25, 0.3) is 10.0 Å². The van der Waals surface area contributed by atoms with E-state index in [1.807, 2.05) is 58.0 Å². The molecule has 1 atom stereocenters. The summed E-state index contributed by atoms with van der Waals surface area (Å²) in [6, 6.07) is 24.5. The highest BCUT2D eigenvalue weighted by Gasteiger charge is 2.36. The minimum absolute atomic E-state index is 0.00822. The minimum Gasteiger partial charge on any atom is -0.350 e. The number of amides is 2.